The second-order valence-electron chi connectivity index (χ2n) is 4.84. The molecular formula is C12H21NO5. The predicted octanol–water partition coefficient (Wildman–Crippen LogP) is -0.00230. The molecule has 0 aromatic carbocycles. The van der Waals surface area contributed by atoms with Crippen LogP contribution >= 0.6 is 0 Å². The number of ether oxygens (including phenoxy) is 1. The number of nitrogens with one attached hydrogen (secondary N) is 1. The molecule has 6 nitrogen and oxygen atoms in total. The van der Waals surface area contributed by atoms with Crippen LogP contribution in [0.2, 0.25) is 0 Å². The fourth-order valence-electron chi connectivity index (χ4n) is 2.37. The number of amides is 1. The Morgan fingerprint density at radius 2 is 1.89 bits per heavy atom. The Kier molecular flexibility index (Phi) is 5.10. The lowest BCUT2D eigenvalue weighted by Gasteiger charge is -2.21. The summed E-state index contributed by atoms with van der Waals surface area (Å²) in [6.45, 7) is 5.35. The van der Waals surface area contributed by atoms with Crippen molar-refractivity contribution in [2.45, 2.75) is 45.4 Å². The molecule has 1 aliphatic heterocycles. The topological polar surface area (TPSA) is 95.9 Å². The molecule has 1 fully saturated rings. The molecule has 6 heteroatoms. The quantitative estimate of drug-likeness (QED) is 0.645. The number of hydrogen-bond donors (Lipinski definition) is 3. The van der Waals surface area contributed by atoms with Gasteiger partial charge in [-0.1, -0.05) is 6.92 Å². The average Bonchev–Trinajstić information content (AvgIpc) is 2.52. The van der Waals surface area contributed by atoms with E-state index in [2.05, 4.69) is 5.32 Å². The first-order valence-electron chi connectivity index (χ1n) is 6.18. The fourth-order valence-corrected chi connectivity index (χ4v) is 2.37. The van der Waals surface area contributed by atoms with Gasteiger partial charge in [-0.2, -0.15) is 0 Å². The third-order valence-corrected chi connectivity index (χ3v) is 3.58. The molecule has 0 aromatic heterocycles. The molecule has 104 valence electrons. The van der Waals surface area contributed by atoms with E-state index in [1.165, 1.54) is 0 Å². The van der Waals surface area contributed by atoms with Crippen molar-refractivity contribution in [1.82, 2.24) is 5.32 Å². The number of aliphatic hydroxyl groups excluding tert-OH is 1. The Labute approximate surface area is 106 Å². The van der Waals surface area contributed by atoms with Gasteiger partial charge in [0, 0.05) is 13.0 Å². The van der Waals surface area contributed by atoms with E-state index < -0.39 is 12.0 Å². The molecule has 0 aromatic rings. The summed E-state index contributed by atoms with van der Waals surface area (Å²) in [6.07, 6.45) is -0.233. The van der Waals surface area contributed by atoms with Crippen LogP contribution in [0.15, 0.2) is 0 Å². The maximum Gasteiger partial charge on any atom is 0.326 e. The van der Waals surface area contributed by atoms with Crippen LogP contribution in [0.1, 0.15) is 27.2 Å². The summed E-state index contributed by atoms with van der Waals surface area (Å²) in [7, 11) is 0. The Morgan fingerprint density at radius 3 is 2.28 bits per heavy atom. The smallest absolute Gasteiger partial charge is 0.326 e. The van der Waals surface area contributed by atoms with Gasteiger partial charge >= 0.3 is 5.97 Å². The largest absolute Gasteiger partial charge is 0.480 e. The first-order chi connectivity index (χ1) is 8.38. The molecular weight excluding hydrogens is 238 g/mol. The fraction of sp³-hybridized carbons (Fsp3) is 0.833. The van der Waals surface area contributed by atoms with Gasteiger partial charge in [-0.25, -0.2) is 4.79 Å². The molecule has 1 aliphatic rings. The van der Waals surface area contributed by atoms with Crippen molar-refractivity contribution in [3.05, 3.63) is 0 Å². The minimum atomic E-state index is -1.13. The molecule has 0 spiro atoms. The van der Waals surface area contributed by atoms with E-state index in [9.17, 15) is 9.59 Å². The summed E-state index contributed by atoms with van der Waals surface area (Å²) < 4.78 is 5.55. The summed E-state index contributed by atoms with van der Waals surface area (Å²) in [4.78, 5) is 23.0. The average molecular weight is 259 g/mol. The highest BCUT2D eigenvalue weighted by atomic mass is 16.5. The molecule has 1 saturated heterocycles. The van der Waals surface area contributed by atoms with Crippen molar-refractivity contribution in [3.8, 4) is 0 Å². The highest BCUT2D eigenvalue weighted by molar-refractivity contribution is 5.85. The Bertz CT molecular complexity index is 320. The van der Waals surface area contributed by atoms with Gasteiger partial charge in [0.2, 0.25) is 5.91 Å². The van der Waals surface area contributed by atoms with E-state index in [0.717, 1.165) is 0 Å². The molecule has 1 heterocycles. The molecule has 1 rings (SSSR count). The Balaban J connectivity index is 2.66. The summed E-state index contributed by atoms with van der Waals surface area (Å²) in [6, 6.07) is -1.04. The Morgan fingerprint density at radius 1 is 1.28 bits per heavy atom. The molecule has 0 radical (unpaired) electrons. The zero-order valence-electron chi connectivity index (χ0n) is 10.9. The van der Waals surface area contributed by atoms with Crippen LogP contribution in [0.5, 0.6) is 0 Å². The second kappa shape index (κ2) is 6.15. The van der Waals surface area contributed by atoms with Crippen molar-refractivity contribution in [2.75, 3.05) is 6.61 Å². The van der Waals surface area contributed by atoms with E-state index in [0.29, 0.717) is 0 Å². The van der Waals surface area contributed by atoms with Gasteiger partial charge in [-0.3, -0.25) is 4.79 Å². The van der Waals surface area contributed by atoms with Gasteiger partial charge in [0.05, 0.1) is 18.1 Å². The molecule has 1 amide bonds. The summed E-state index contributed by atoms with van der Waals surface area (Å²) in [5.41, 5.74) is 0. The van der Waals surface area contributed by atoms with E-state index >= 15 is 0 Å². The lowest BCUT2D eigenvalue weighted by atomic mass is 9.88. The van der Waals surface area contributed by atoms with Gasteiger partial charge in [0.25, 0.3) is 0 Å². The minimum absolute atomic E-state index is 0.00691. The van der Waals surface area contributed by atoms with Crippen LogP contribution in [0.3, 0.4) is 0 Å². The van der Waals surface area contributed by atoms with Crippen LogP contribution in [-0.4, -0.2) is 46.9 Å². The second-order valence-corrected chi connectivity index (χ2v) is 4.84. The summed E-state index contributed by atoms with van der Waals surface area (Å²) >= 11 is 0. The van der Waals surface area contributed by atoms with E-state index in [4.69, 9.17) is 14.9 Å². The summed E-state index contributed by atoms with van der Waals surface area (Å²) in [5.74, 6) is -1.76. The highest BCUT2D eigenvalue weighted by Crippen LogP contribution is 2.32. The van der Waals surface area contributed by atoms with Crippen molar-refractivity contribution < 1.29 is 24.5 Å². The molecule has 0 saturated carbocycles. The Hall–Kier alpha value is -1.14. The van der Waals surface area contributed by atoms with Crippen molar-refractivity contribution >= 4 is 11.9 Å². The molecule has 5 atom stereocenters. The van der Waals surface area contributed by atoms with Crippen LogP contribution < -0.4 is 5.32 Å². The summed E-state index contributed by atoms with van der Waals surface area (Å²) in [5, 5.41) is 20.2. The number of carboxylic acid groups (broad SMARTS) is 1. The maximum absolute atomic E-state index is 12.1. The number of aliphatic hydroxyl groups is 1. The third-order valence-electron chi connectivity index (χ3n) is 3.58. The van der Waals surface area contributed by atoms with Crippen LogP contribution in [0.4, 0.5) is 0 Å². The number of carboxylic acids is 1. The van der Waals surface area contributed by atoms with E-state index in [-0.39, 0.29) is 43.0 Å². The number of carbonyl (C=O) groups excluding carboxylic acids is 1. The van der Waals surface area contributed by atoms with Gasteiger partial charge in [0.15, 0.2) is 0 Å². The third kappa shape index (κ3) is 3.20. The lowest BCUT2D eigenvalue weighted by Crippen LogP contribution is -2.46. The number of rotatable bonds is 5. The van der Waals surface area contributed by atoms with Gasteiger partial charge < -0.3 is 20.3 Å². The monoisotopic (exact) mass is 259 g/mol. The standard InChI is InChI=1S/C12H21NO5/c1-6-7(2)18-8(3)10(6)11(15)13-9(4-5-14)12(16)17/h6-10,14H,4-5H2,1-3H3,(H,13,15)(H,16,17)/t6?,7?,8?,9-,10?/m1/s1. The van der Waals surface area contributed by atoms with Gasteiger partial charge in [-0.15, -0.1) is 0 Å². The number of aliphatic carboxylic acids is 1. The highest BCUT2D eigenvalue weighted by Gasteiger charge is 2.42. The van der Waals surface area contributed by atoms with E-state index in [1.807, 2.05) is 20.8 Å². The van der Waals surface area contributed by atoms with Gasteiger partial charge in [0.1, 0.15) is 6.04 Å². The lowest BCUT2D eigenvalue weighted by molar-refractivity contribution is -0.143. The molecule has 18 heavy (non-hydrogen) atoms. The molecule has 0 aliphatic carbocycles. The molecule has 3 N–H and O–H groups in total. The van der Waals surface area contributed by atoms with Crippen molar-refractivity contribution in [1.29, 1.82) is 0 Å². The van der Waals surface area contributed by atoms with Crippen molar-refractivity contribution in [3.63, 3.8) is 0 Å². The zero-order valence-corrected chi connectivity index (χ0v) is 10.9. The first kappa shape index (κ1) is 14.9. The van der Waals surface area contributed by atoms with Crippen LogP contribution in [0, 0.1) is 11.8 Å². The van der Waals surface area contributed by atoms with Crippen LogP contribution in [0.25, 0.3) is 0 Å². The maximum atomic E-state index is 12.1. The first-order valence-corrected chi connectivity index (χ1v) is 6.18. The van der Waals surface area contributed by atoms with Crippen LogP contribution in [-0.2, 0) is 14.3 Å². The number of hydrogen-bond acceptors (Lipinski definition) is 4. The minimum Gasteiger partial charge on any atom is -0.480 e. The SMILES string of the molecule is CC1OC(C)C(C(=O)N[C@H](CCO)C(=O)O)C1C. The number of carbonyl (C=O) groups is 2. The molecule has 0 bridgehead atoms. The molecule has 4 unspecified atom stereocenters. The van der Waals surface area contributed by atoms with Crippen molar-refractivity contribution in [2.24, 2.45) is 11.8 Å². The normalized spacial score (nSPS) is 33.1. The predicted molar refractivity (Wildman–Crippen MR) is 63.9 cm³/mol. The zero-order chi connectivity index (χ0) is 13.9. The van der Waals surface area contributed by atoms with Gasteiger partial charge in [-0.05, 0) is 19.8 Å². The van der Waals surface area contributed by atoms with E-state index in [1.54, 1.807) is 0 Å².